The van der Waals surface area contributed by atoms with Gasteiger partial charge in [0.05, 0.1) is 0 Å². The van der Waals surface area contributed by atoms with Crippen molar-refractivity contribution in [2.75, 3.05) is 20.1 Å². The van der Waals surface area contributed by atoms with E-state index in [1.807, 2.05) is 11.0 Å². The van der Waals surface area contributed by atoms with Crippen LogP contribution in [-0.2, 0) is 11.3 Å². The number of likely N-dealkylation sites (tertiary alicyclic amines) is 1. The maximum Gasteiger partial charge on any atom is 0.225 e. The summed E-state index contributed by atoms with van der Waals surface area (Å²) in [5.41, 5.74) is 1.65. The highest BCUT2D eigenvalue weighted by Crippen LogP contribution is 2.26. The number of carbonyl (C=O) groups excluding carboxylic acids is 1. The predicted molar refractivity (Wildman–Crippen MR) is 121 cm³/mol. The van der Waals surface area contributed by atoms with Crippen LogP contribution in [-0.4, -0.2) is 42.9 Å². The topological polar surface area (TPSA) is 56.7 Å². The smallest absolute Gasteiger partial charge is 0.225 e. The van der Waals surface area contributed by atoms with Crippen LogP contribution in [0.25, 0.3) is 0 Å². The number of nitrogens with zero attached hydrogens (tertiary/aromatic N) is 2. The van der Waals surface area contributed by atoms with Crippen LogP contribution in [0, 0.1) is 18.7 Å². The summed E-state index contributed by atoms with van der Waals surface area (Å²) in [6.45, 7) is 3.91. The first-order valence-electron chi connectivity index (χ1n) is 10.1. The average Bonchev–Trinajstić information content (AvgIpc) is 3.16. The molecule has 2 fully saturated rings. The number of guanidine groups is 1. The Kier molecular flexibility index (Phi) is 8.98. The fraction of sp³-hybridized carbons (Fsp3) is 0.619. The number of rotatable bonds is 4. The molecule has 1 amide bonds. The molecular weight excluding hydrogens is 470 g/mol. The van der Waals surface area contributed by atoms with Gasteiger partial charge in [-0.1, -0.05) is 31.4 Å². The normalized spacial score (nSPS) is 20.6. The monoisotopic (exact) mass is 502 g/mol. The van der Waals surface area contributed by atoms with E-state index < -0.39 is 0 Å². The largest absolute Gasteiger partial charge is 0.352 e. The Hall–Kier alpha value is -1.38. The lowest BCUT2D eigenvalue weighted by atomic mass is 9.88. The molecule has 3 rings (SSSR count). The van der Waals surface area contributed by atoms with Crippen molar-refractivity contribution in [3.05, 3.63) is 35.1 Å². The van der Waals surface area contributed by atoms with Crippen LogP contribution < -0.4 is 10.6 Å². The zero-order valence-corrected chi connectivity index (χ0v) is 19.2. The third-order valence-corrected chi connectivity index (χ3v) is 5.70. The molecule has 7 heteroatoms. The van der Waals surface area contributed by atoms with E-state index in [0.717, 1.165) is 37.9 Å². The number of amides is 1. The second-order valence-corrected chi connectivity index (χ2v) is 7.76. The molecule has 1 aliphatic heterocycles. The number of hydrogen-bond donors (Lipinski definition) is 2. The van der Waals surface area contributed by atoms with Gasteiger partial charge in [-0.2, -0.15) is 0 Å². The summed E-state index contributed by atoms with van der Waals surface area (Å²) < 4.78 is 13.4. The lowest BCUT2D eigenvalue weighted by Crippen LogP contribution is -2.45. The van der Waals surface area contributed by atoms with E-state index in [-0.39, 0.29) is 41.8 Å². The van der Waals surface area contributed by atoms with E-state index in [2.05, 4.69) is 15.6 Å². The predicted octanol–water partition coefficient (Wildman–Crippen LogP) is 3.60. The van der Waals surface area contributed by atoms with E-state index in [1.54, 1.807) is 20.0 Å². The van der Waals surface area contributed by atoms with Crippen LogP contribution in [0.5, 0.6) is 0 Å². The van der Waals surface area contributed by atoms with Gasteiger partial charge in [-0.25, -0.2) is 4.39 Å². The SMILES string of the molecule is CN=C(NCc1ccc(F)c(C)c1)NC1CCN(C(=O)C2CCCCC2)C1.I. The van der Waals surface area contributed by atoms with Crippen molar-refractivity contribution in [2.24, 2.45) is 10.9 Å². The Morgan fingerprint density at radius 2 is 2.00 bits per heavy atom. The van der Waals surface area contributed by atoms with Crippen molar-refractivity contribution < 1.29 is 9.18 Å². The molecule has 1 saturated carbocycles. The Balaban J connectivity index is 0.00000280. The first kappa shape index (κ1) is 22.9. The van der Waals surface area contributed by atoms with E-state index in [0.29, 0.717) is 24.0 Å². The molecule has 28 heavy (non-hydrogen) atoms. The first-order valence-corrected chi connectivity index (χ1v) is 10.1. The van der Waals surface area contributed by atoms with E-state index >= 15 is 0 Å². The Morgan fingerprint density at radius 3 is 2.68 bits per heavy atom. The highest BCUT2D eigenvalue weighted by atomic mass is 127. The number of hydrogen-bond acceptors (Lipinski definition) is 2. The number of aryl methyl sites for hydroxylation is 1. The van der Waals surface area contributed by atoms with Crippen LogP contribution in [0.15, 0.2) is 23.2 Å². The third-order valence-electron chi connectivity index (χ3n) is 5.70. The van der Waals surface area contributed by atoms with Crippen molar-refractivity contribution >= 4 is 35.8 Å². The molecule has 2 aliphatic rings. The van der Waals surface area contributed by atoms with Gasteiger partial charge in [0, 0.05) is 38.6 Å². The lowest BCUT2D eigenvalue weighted by Gasteiger charge is -2.26. The van der Waals surface area contributed by atoms with Crippen molar-refractivity contribution in [3.63, 3.8) is 0 Å². The maximum absolute atomic E-state index is 13.4. The molecule has 0 spiro atoms. The fourth-order valence-electron chi connectivity index (χ4n) is 4.08. The summed E-state index contributed by atoms with van der Waals surface area (Å²) in [5, 5.41) is 6.70. The zero-order valence-electron chi connectivity index (χ0n) is 16.8. The van der Waals surface area contributed by atoms with E-state index in [9.17, 15) is 9.18 Å². The van der Waals surface area contributed by atoms with Gasteiger partial charge < -0.3 is 15.5 Å². The summed E-state index contributed by atoms with van der Waals surface area (Å²) in [4.78, 5) is 19.0. The molecule has 1 aromatic rings. The minimum Gasteiger partial charge on any atom is -0.352 e. The molecule has 1 atom stereocenters. The summed E-state index contributed by atoms with van der Waals surface area (Å²) in [6, 6.07) is 5.34. The van der Waals surface area contributed by atoms with Crippen LogP contribution in [0.1, 0.15) is 49.7 Å². The third kappa shape index (κ3) is 6.06. The molecule has 156 valence electrons. The van der Waals surface area contributed by atoms with Crippen LogP contribution in [0.4, 0.5) is 4.39 Å². The average molecular weight is 502 g/mol. The second kappa shape index (κ2) is 11.0. The van der Waals surface area contributed by atoms with Gasteiger partial charge in [-0.3, -0.25) is 9.79 Å². The van der Waals surface area contributed by atoms with Gasteiger partial charge in [0.2, 0.25) is 5.91 Å². The highest BCUT2D eigenvalue weighted by Gasteiger charge is 2.31. The van der Waals surface area contributed by atoms with Crippen molar-refractivity contribution in [3.8, 4) is 0 Å². The molecule has 1 aliphatic carbocycles. The molecule has 0 bridgehead atoms. The number of carbonyl (C=O) groups is 1. The van der Waals surface area contributed by atoms with Gasteiger partial charge in [0.25, 0.3) is 0 Å². The fourth-order valence-corrected chi connectivity index (χ4v) is 4.08. The zero-order chi connectivity index (χ0) is 19.2. The van der Waals surface area contributed by atoms with Crippen LogP contribution in [0.3, 0.4) is 0 Å². The minimum atomic E-state index is -0.185. The number of nitrogens with one attached hydrogen (secondary N) is 2. The van der Waals surface area contributed by atoms with Gasteiger partial charge in [0.15, 0.2) is 5.96 Å². The second-order valence-electron chi connectivity index (χ2n) is 7.76. The number of aliphatic imine (C=N–C) groups is 1. The molecule has 1 heterocycles. The van der Waals surface area contributed by atoms with Crippen LogP contribution >= 0.6 is 24.0 Å². The van der Waals surface area contributed by atoms with Crippen molar-refractivity contribution in [1.82, 2.24) is 15.5 Å². The van der Waals surface area contributed by atoms with E-state index in [4.69, 9.17) is 0 Å². The standard InChI is InChI=1S/C21H31FN4O.HI/c1-15-12-16(8-9-19(15)22)13-24-21(23-2)25-18-10-11-26(14-18)20(27)17-6-4-3-5-7-17;/h8-9,12,17-18H,3-7,10-11,13-14H2,1-2H3,(H2,23,24,25);1H. The quantitative estimate of drug-likeness (QED) is 0.376. The molecule has 1 saturated heterocycles. The minimum absolute atomic E-state index is 0. The van der Waals surface area contributed by atoms with Gasteiger partial charge in [-0.15, -0.1) is 24.0 Å². The van der Waals surface area contributed by atoms with Crippen molar-refractivity contribution in [2.45, 2.75) is 58.0 Å². The molecule has 0 aromatic heterocycles. The lowest BCUT2D eigenvalue weighted by molar-refractivity contribution is -0.135. The summed E-state index contributed by atoms with van der Waals surface area (Å²) in [5.74, 6) is 1.10. The summed E-state index contributed by atoms with van der Waals surface area (Å²) >= 11 is 0. The Labute approximate surface area is 184 Å². The number of benzene rings is 1. The molecule has 2 N–H and O–H groups in total. The van der Waals surface area contributed by atoms with Crippen molar-refractivity contribution in [1.29, 1.82) is 0 Å². The van der Waals surface area contributed by atoms with Gasteiger partial charge >= 0.3 is 0 Å². The first-order chi connectivity index (χ1) is 13.1. The molecule has 0 radical (unpaired) electrons. The summed E-state index contributed by atoms with van der Waals surface area (Å²) in [6.07, 6.45) is 6.68. The van der Waals surface area contributed by atoms with Gasteiger partial charge in [0.1, 0.15) is 5.82 Å². The summed E-state index contributed by atoms with van der Waals surface area (Å²) in [7, 11) is 1.74. The molecule has 5 nitrogen and oxygen atoms in total. The van der Waals surface area contributed by atoms with Crippen LogP contribution in [0.2, 0.25) is 0 Å². The molecule has 1 unspecified atom stereocenters. The molecular formula is C21H32FIN4O. The Bertz CT molecular complexity index is 691. The van der Waals surface area contributed by atoms with Gasteiger partial charge in [-0.05, 0) is 43.4 Å². The molecule has 1 aromatic carbocycles. The number of halogens is 2. The highest BCUT2D eigenvalue weighted by molar-refractivity contribution is 14.0. The van der Waals surface area contributed by atoms with E-state index in [1.165, 1.54) is 25.3 Å². The Morgan fingerprint density at radius 1 is 1.25 bits per heavy atom. The maximum atomic E-state index is 13.4.